The predicted molar refractivity (Wildman–Crippen MR) is 74.0 cm³/mol. The number of benzene rings is 1. The molecule has 0 heterocycles. The van der Waals surface area contributed by atoms with Gasteiger partial charge in [-0.25, -0.2) is 0 Å². The molecule has 1 N–H and O–H groups in total. The minimum Gasteiger partial charge on any atom is -0.481 e. The van der Waals surface area contributed by atoms with Gasteiger partial charge in [0.25, 0.3) is 0 Å². The van der Waals surface area contributed by atoms with Gasteiger partial charge in [-0.2, -0.15) is 0 Å². The van der Waals surface area contributed by atoms with E-state index in [0.29, 0.717) is 25.9 Å². The first kappa shape index (κ1) is 15.2. The summed E-state index contributed by atoms with van der Waals surface area (Å²) in [6, 6.07) is 8.09. The lowest BCUT2D eigenvalue weighted by molar-refractivity contribution is -0.138. The fourth-order valence-corrected chi connectivity index (χ4v) is 1.97. The average Bonchev–Trinajstić information content (AvgIpc) is 2.37. The number of hydrogen-bond donors (Lipinski definition) is 1. The molecular formula is C15H21NO3. The molecule has 0 radical (unpaired) electrons. The number of nitrogens with zero attached hydrogens (tertiary/aromatic N) is 1. The summed E-state index contributed by atoms with van der Waals surface area (Å²) >= 11 is 0. The second kappa shape index (κ2) is 7.56. The monoisotopic (exact) mass is 263 g/mol. The summed E-state index contributed by atoms with van der Waals surface area (Å²) in [4.78, 5) is 24.1. The highest BCUT2D eigenvalue weighted by atomic mass is 16.4. The number of hydrogen-bond acceptors (Lipinski definition) is 2. The van der Waals surface area contributed by atoms with Gasteiger partial charge in [0.2, 0.25) is 5.91 Å². The van der Waals surface area contributed by atoms with Crippen molar-refractivity contribution in [2.45, 2.75) is 33.1 Å². The molecule has 0 spiro atoms. The number of carboxylic acids is 1. The highest BCUT2D eigenvalue weighted by molar-refractivity contribution is 5.77. The molecule has 4 nitrogen and oxygen atoms in total. The molecule has 0 aromatic heterocycles. The third kappa shape index (κ3) is 5.55. The van der Waals surface area contributed by atoms with Crippen LogP contribution in [0, 0.1) is 6.92 Å². The third-order valence-corrected chi connectivity index (χ3v) is 3.04. The lowest BCUT2D eigenvalue weighted by Gasteiger charge is -2.20. The van der Waals surface area contributed by atoms with E-state index in [0.717, 1.165) is 5.56 Å². The summed E-state index contributed by atoms with van der Waals surface area (Å²) in [6.07, 6.45) is 1.13. The maximum atomic E-state index is 12.0. The largest absolute Gasteiger partial charge is 0.481 e. The van der Waals surface area contributed by atoms with Gasteiger partial charge in [-0.3, -0.25) is 9.59 Å². The van der Waals surface area contributed by atoms with E-state index in [2.05, 4.69) is 6.07 Å². The molecule has 0 saturated heterocycles. The van der Waals surface area contributed by atoms with Gasteiger partial charge in [0.1, 0.15) is 0 Å². The van der Waals surface area contributed by atoms with Crippen LogP contribution in [0.4, 0.5) is 0 Å². The maximum Gasteiger partial charge on any atom is 0.305 e. The Morgan fingerprint density at radius 1 is 1.26 bits per heavy atom. The fraction of sp³-hybridized carbons (Fsp3) is 0.467. The van der Waals surface area contributed by atoms with Gasteiger partial charge in [0, 0.05) is 19.5 Å². The summed E-state index contributed by atoms with van der Waals surface area (Å²) in [7, 11) is 0. The van der Waals surface area contributed by atoms with Crippen LogP contribution in [0.2, 0.25) is 0 Å². The number of carbonyl (C=O) groups is 2. The molecule has 0 aliphatic carbocycles. The van der Waals surface area contributed by atoms with E-state index in [1.165, 1.54) is 5.56 Å². The Labute approximate surface area is 114 Å². The van der Waals surface area contributed by atoms with Crippen molar-refractivity contribution in [3.8, 4) is 0 Å². The van der Waals surface area contributed by atoms with Gasteiger partial charge >= 0.3 is 5.97 Å². The SMILES string of the molecule is CCN(CCC(=O)O)C(=O)CCc1cccc(C)c1. The summed E-state index contributed by atoms with van der Waals surface area (Å²) < 4.78 is 0. The molecule has 1 amide bonds. The molecule has 1 rings (SSSR count). The molecule has 0 atom stereocenters. The lowest BCUT2D eigenvalue weighted by atomic mass is 10.1. The number of amides is 1. The normalized spacial score (nSPS) is 10.2. The Kier molecular flexibility index (Phi) is 6.06. The van der Waals surface area contributed by atoms with Crippen molar-refractivity contribution in [2.24, 2.45) is 0 Å². The van der Waals surface area contributed by atoms with Crippen LogP contribution in [-0.2, 0) is 16.0 Å². The van der Waals surface area contributed by atoms with Crippen LogP contribution in [0.25, 0.3) is 0 Å². The van der Waals surface area contributed by atoms with E-state index in [1.807, 2.05) is 32.0 Å². The maximum absolute atomic E-state index is 12.0. The standard InChI is InChI=1S/C15H21NO3/c1-3-16(10-9-15(18)19)14(17)8-7-13-6-4-5-12(2)11-13/h4-6,11H,3,7-10H2,1-2H3,(H,18,19). The van der Waals surface area contributed by atoms with Crippen molar-refractivity contribution in [1.82, 2.24) is 4.90 Å². The smallest absolute Gasteiger partial charge is 0.305 e. The van der Waals surface area contributed by atoms with Crippen LogP contribution in [0.5, 0.6) is 0 Å². The first-order valence-corrected chi connectivity index (χ1v) is 6.58. The van der Waals surface area contributed by atoms with Crippen molar-refractivity contribution in [3.63, 3.8) is 0 Å². The second-order valence-corrected chi connectivity index (χ2v) is 4.61. The summed E-state index contributed by atoms with van der Waals surface area (Å²) in [5.74, 6) is -0.852. The molecule has 4 heteroatoms. The zero-order valence-corrected chi connectivity index (χ0v) is 11.6. The fourth-order valence-electron chi connectivity index (χ4n) is 1.97. The Morgan fingerprint density at radius 3 is 2.58 bits per heavy atom. The van der Waals surface area contributed by atoms with Crippen LogP contribution in [-0.4, -0.2) is 35.0 Å². The van der Waals surface area contributed by atoms with Crippen molar-refractivity contribution in [3.05, 3.63) is 35.4 Å². The van der Waals surface area contributed by atoms with Gasteiger partial charge in [0.05, 0.1) is 6.42 Å². The van der Waals surface area contributed by atoms with Gasteiger partial charge in [-0.15, -0.1) is 0 Å². The highest BCUT2D eigenvalue weighted by Gasteiger charge is 2.12. The topological polar surface area (TPSA) is 57.6 Å². The molecule has 0 fully saturated rings. The molecule has 0 bridgehead atoms. The first-order chi connectivity index (χ1) is 9.02. The van der Waals surface area contributed by atoms with Crippen LogP contribution < -0.4 is 0 Å². The van der Waals surface area contributed by atoms with Crippen LogP contribution in [0.15, 0.2) is 24.3 Å². The van der Waals surface area contributed by atoms with E-state index in [4.69, 9.17) is 5.11 Å². The minimum atomic E-state index is -0.870. The second-order valence-electron chi connectivity index (χ2n) is 4.61. The molecule has 19 heavy (non-hydrogen) atoms. The van der Waals surface area contributed by atoms with Crippen LogP contribution in [0.3, 0.4) is 0 Å². The third-order valence-electron chi connectivity index (χ3n) is 3.04. The van der Waals surface area contributed by atoms with Gasteiger partial charge in [-0.1, -0.05) is 29.8 Å². The molecule has 0 aliphatic rings. The van der Waals surface area contributed by atoms with Crippen molar-refractivity contribution in [1.29, 1.82) is 0 Å². The lowest BCUT2D eigenvalue weighted by Crippen LogP contribution is -2.32. The molecule has 0 aliphatic heterocycles. The van der Waals surface area contributed by atoms with Crippen LogP contribution >= 0.6 is 0 Å². The summed E-state index contributed by atoms with van der Waals surface area (Å²) in [5, 5.41) is 8.64. The molecule has 0 unspecified atom stereocenters. The first-order valence-electron chi connectivity index (χ1n) is 6.58. The van der Waals surface area contributed by atoms with Crippen LogP contribution in [0.1, 0.15) is 30.9 Å². The Bertz CT molecular complexity index is 443. The average molecular weight is 263 g/mol. The zero-order chi connectivity index (χ0) is 14.3. The van der Waals surface area contributed by atoms with E-state index >= 15 is 0 Å². The van der Waals surface area contributed by atoms with Gasteiger partial charge in [0.15, 0.2) is 0 Å². The predicted octanol–water partition coefficient (Wildman–Crippen LogP) is 2.25. The van der Waals surface area contributed by atoms with E-state index in [1.54, 1.807) is 4.90 Å². The number of aliphatic carboxylic acids is 1. The Morgan fingerprint density at radius 2 is 2.00 bits per heavy atom. The quantitative estimate of drug-likeness (QED) is 0.821. The molecule has 104 valence electrons. The Hall–Kier alpha value is -1.84. The summed E-state index contributed by atoms with van der Waals surface area (Å²) in [6.45, 7) is 4.74. The van der Waals surface area contributed by atoms with E-state index in [-0.39, 0.29) is 12.3 Å². The zero-order valence-electron chi connectivity index (χ0n) is 11.6. The Balaban J connectivity index is 2.46. The van der Waals surface area contributed by atoms with Crippen molar-refractivity contribution in [2.75, 3.05) is 13.1 Å². The van der Waals surface area contributed by atoms with E-state index < -0.39 is 5.97 Å². The number of rotatable bonds is 7. The molecule has 1 aromatic carbocycles. The summed E-state index contributed by atoms with van der Waals surface area (Å²) in [5.41, 5.74) is 2.32. The number of carboxylic acid groups (broad SMARTS) is 1. The molecule has 1 aromatic rings. The molecule has 0 saturated carbocycles. The number of aryl methyl sites for hydroxylation is 2. The molecular weight excluding hydrogens is 242 g/mol. The van der Waals surface area contributed by atoms with Gasteiger partial charge in [-0.05, 0) is 25.8 Å². The number of carbonyl (C=O) groups excluding carboxylic acids is 1. The van der Waals surface area contributed by atoms with E-state index in [9.17, 15) is 9.59 Å². The minimum absolute atomic E-state index is 0.00399. The van der Waals surface area contributed by atoms with Gasteiger partial charge < -0.3 is 10.0 Å². The van der Waals surface area contributed by atoms with Crippen molar-refractivity contribution >= 4 is 11.9 Å². The van der Waals surface area contributed by atoms with Crippen molar-refractivity contribution < 1.29 is 14.7 Å². The highest BCUT2D eigenvalue weighted by Crippen LogP contribution is 2.08.